The molecule has 0 atom stereocenters. The van der Waals surface area contributed by atoms with E-state index in [0.717, 1.165) is 17.0 Å². The number of hydrogen-bond acceptors (Lipinski definition) is 3. The summed E-state index contributed by atoms with van der Waals surface area (Å²) in [7, 11) is 0. The first-order chi connectivity index (χ1) is 13.2. The molecule has 0 aliphatic rings. The van der Waals surface area contributed by atoms with Gasteiger partial charge in [-0.25, -0.2) is 0 Å². The molecule has 3 aromatic carbocycles. The Bertz CT molecular complexity index is 867. The van der Waals surface area contributed by atoms with Gasteiger partial charge in [-0.1, -0.05) is 30.3 Å². The van der Waals surface area contributed by atoms with Crippen LogP contribution in [0, 0.1) is 0 Å². The maximum absolute atomic E-state index is 12.3. The molecule has 0 N–H and O–H groups in total. The largest absolute Gasteiger partial charge is 0.457 e. The van der Waals surface area contributed by atoms with Crippen molar-refractivity contribution in [3.05, 3.63) is 84.4 Å². The van der Waals surface area contributed by atoms with Gasteiger partial charge in [-0.3, -0.25) is 4.79 Å². The average molecular weight is 398 g/mol. The van der Waals surface area contributed by atoms with Crippen LogP contribution in [0.4, 0.5) is 5.69 Å². The van der Waals surface area contributed by atoms with Crippen LogP contribution >= 0.6 is 23.4 Å². The fourth-order valence-corrected chi connectivity index (χ4v) is 3.19. The van der Waals surface area contributed by atoms with Gasteiger partial charge in [-0.2, -0.15) is 0 Å². The molecule has 0 aliphatic carbocycles. The molecule has 1 amide bonds. The highest BCUT2D eigenvalue weighted by atomic mass is 35.5. The summed E-state index contributed by atoms with van der Waals surface area (Å²) < 4.78 is 5.88. The van der Waals surface area contributed by atoms with Crippen LogP contribution in [0.3, 0.4) is 0 Å². The van der Waals surface area contributed by atoms with Crippen LogP contribution in [0.15, 0.2) is 83.8 Å². The molecule has 0 aliphatic heterocycles. The number of carbonyl (C=O) groups excluding carboxylic acids is 1. The summed E-state index contributed by atoms with van der Waals surface area (Å²) in [5.74, 6) is 1.29. The standard InChI is InChI=1S/C22H20ClNO2S/c1-27-21-13-11-20(12-14-21)26-19-9-7-18(8-10-19)24(22(25)15-23)16-17-5-3-2-4-6-17/h2-14H,15-16H2,1H3. The van der Waals surface area contributed by atoms with E-state index in [1.807, 2.05) is 85.1 Å². The predicted molar refractivity (Wildman–Crippen MR) is 113 cm³/mol. The zero-order chi connectivity index (χ0) is 19.1. The second-order valence-corrected chi connectivity index (χ2v) is 7.02. The van der Waals surface area contributed by atoms with Gasteiger partial charge >= 0.3 is 0 Å². The normalized spacial score (nSPS) is 10.4. The number of halogens is 1. The molecule has 0 aromatic heterocycles. The van der Waals surface area contributed by atoms with Crippen molar-refractivity contribution < 1.29 is 9.53 Å². The van der Waals surface area contributed by atoms with E-state index in [1.54, 1.807) is 16.7 Å². The average Bonchev–Trinajstić information content (AvgIpc) is 2.73. The number of thioether (sulfide) groups is 1. The fraction of sp³-hybridized carbons (Fsp3) is 0.136. The molecule has 0 saturated heterocycles. The van der Waals surface area contributed by atoms with Gasteiger partial charge in [0.05, 0.1) is 6.54 Å². The third kappa shape index (κ3) is 5.28. The minimum atomic E-state index is -0.137. The van der Waals surface area contributed by atoms with E-state index in [2.05, 4.69) is 0 Å². The third-order valence-corrected chi connectivity index (χ3v) is 5.01. The monoisotopic (exact) mass is 397 g/mol. The number of ether oxygens (including phenoxy) is 1. The molecule has 27 heavy (non-hydrogen) atoms. The lowest BCUT2D eigenvalue weighted by atomic mass is 10.2. The summed E-state index contributed by atoms with van der Waals surface area (Å²) in [4.78, 5) is 15.2. The van der Waals surface area contributed by atoms with E-state index in [0.29, 0.717) is 12.3 Å². The van der Waals surface area contributed by atoms with Crippen molar-refractivity contribution in [3.8, 4) is 11.5 Å². The number of amides is 1. The van der Waals surface area contributed by atoms with Gasteiger partial charge in [0, 0.05) is 10.6 Å². The molecule has 0 bridgehead atoms. The highest BCUT2D eigenvalue weighted by molar-refractivity contribution is 7.98. The lowest BCUT2D eigenvalue weighted by Crippen LogP contribution is -2.31. The molecule has 5 heteroatoms. The molecule has 0 radical (unpaired) electrons. The minimum absolute atomic E-state index is 0.0626. The molecule has 0 heterocycles. The van der Waals surface area contributed by atoms with Crippen LogP contribution in [0.25, 0.3) is 0 Å². The van der Waals surface area contributed by atoms with Crippen molar-refractivity contribution >= 4 is 35.0 Å². The van der Waals surface area contributed by atoms with Gasteiger partial charge in [0.1, 0.15) is 17.4 Å². The number of hydrogen-bond donors (Lipinski definition) is 0. The lowest BCUT2D eigenvalue weighted by Gasteiger charge is -2.22. The van der Waals surface area contributed by atoms with E-state index in [-0.39, 0.29) is 11.8 Å². The Labute approximate surface area is 168 Å². The topological polar surface area (TPSA) is 29.5 Å². The first-order valence-electron chi connectivity index (χ1n) is 8.52. The molecule has 3 rings (SSSR count). The van der Waals surface area contributed by atoms with Crippen molar-refractivity contribution in [1.29, 1.82) is 0 Å². The number of nitrogens with zero attached hydrogens (tertiary/aromatic N) is 1. The van der Waals surface area contributed by atoms with Gasteiger partial charge in [-0.15, -0.1) is 23.4 Å². The number of benzene rings is 3. The number of alkyl halides is 1. The molecule has 138 valence electrons. The van der Waals surface area contributed by atoms with Crippen LogP contribution < -0.4 is 9.64 Å². The molecular formula is C22H20ClNO2S. The SMILES string of the molecule is CSc1ccc(Oc2ccc(N(Cc3ccccc3)C(=O)CCl)cc2)cc1. The summed E-state index contributed by atoms with van der Waals surface area (Å²) in [5, 5.41) is 0. The van der Waals surface area contributed by atoms with Crippen molar-refractivity contribution in [2.45, 2.75) is 11.4 Å². The van der Waals surface area contributed by atoms with Crippen molar-refractivity contribution in [2.24, 2.45) is 0 Å². The van der Waals surface area contributed by atoms with Gasteiger partial charge in [0.25, 0.3) is 0 Å². The van der Waals surface area contributed by atoms with Crippen LogP contribution in [0.2, 0.25) is 0 Å². The summed E-state index contributed by atoms with van der Waals surface area (Å²) in [6.07, 6.45) is 2.04. The van der Waals surface area contributed by atoms with E-state index in [1.165, 1.54) is 4.90 Å². The van der Waals surface area contributed by atoms with Gasteiger partial charge in [0.15, 0.2) is 0 Å². The van der Waals surface area contributed by atoms with Crippen LogP contribution in [0.5, 0.6) is 11.5 Å². The van der Waals surface area contributed by atoms with Crippen LogP contribution in [0.1, 0.15) is 5.56 Å². The summed E-state index contributed by atoms with van der Waals surface area (Å²) in [5.41, 5.74) is 1.83. The van der Waals surface area contributed by atoms with Crippen molar-refractivity contribution in [3.63, 3.8) is 0 Å². The smallest absolute Gasteiger partial charge is 0.242 e. The number of anilines is 1. The van der Waals surface area contributed by atoms with E-state index >= 15 is 0 Å². The van der Waals surface area contributed by atoms with E-state index in [4.69, 9.17) is 16.3 Å². The van der Waals surface area contributed by atoms with Gasteiger partial charge in [-0.05, 0) is 60.4 Å². The van der Waals surface area contributed by atoms with Gasteiger partial charge in [0.2, 0.25) is 5.91 Å². The minimum Gasteiger partial charge on any atom is -0.457 e. The Kier molecular flexibility index (Phi) is 6.80. The quantitative estimate of drug-likeness (QED) is 0.363. The molecule has 0 saturated carbocycles. The maximum Gasteiger partial charge on any atom is 0.242 e. The zero-order valence-corrected chi connectivity index (χ0v) is 16.5. The zero-order valence-electron chi connectivity index (χ0n) is 15.0. The lowest BCUT2D eigenvalue weighted by molar-refractivity contribution is -0.116. The molecular weight excluding hydrogens is 378 g/mol. The number of carbonyl (C=O) groups is 1. The molecule has 3 nitrogen and oxygen atoms in total. The highest BCUT2D eigenvalue weighted by Crippen LogP contribution is 2.27. The van der Waals surface area contributed by atoms with E-state index < -0.39 is 0 Å². The predicted octanol–water partition coefficient (Wildman–Crippen LogP) is 5.97. The Balaban J connectivity index is 1.75. The Morgan fingerprint density at radius 3 is 2.07 bits per heavy atom. The third-order valence-electron chi connectivity index (χ3n) is 4.04. The molecule has 0 unspecified atom stereocenters. The Hall–Kier alpha value is -2.43. The second-order valence-electron chi connectivity index (χ2n) is 5.87. The first-order valence-corrected chi connectivity index (χ1v) is 10.3. The molecule has 3 aromatic rings. The van der Waals surface area contributed by atoms with Crippen LogP contribution in [-0.4, -0.2) is 18.0 Å². The van der Waals surface area contributed by atoms with Crippen molar-refractivity contribution in [2.75, 3.05) is 17.0 Å². The Morgan fingerprint density at radius 2 is 1.52 bits per heavy atom. The maximum atomic E-state index is 12.3. The highest BCUT2D eigenvalue weighted by Gasteiger charge is 2.15. The van der Waals surface area contributed by atoms with E-state index in [9.17, 15) is 4.79 Å². The van der Waals surface area contributed by atoms with Gasteiger partial charge < -0.3 is 9.64 Å². The fourth-order valence-electron chi connectivity index (χ4n) is 2.64. The van der Waals surface area contributed by atoms with Crippen molar-refractivity contribution in [1.82, 2.24) is 0 Å². The Morgan fingerprint density at radius 1 is 0.926 bits per heavy atom. The molecule has 0 fully saturated rings. The number of rotatable bonds is 7. The summed E-state index contributed by atoms with van der Waals surface area (Å²) >= 11 is 7.50. The van der Waals surface area contributed by atoms with Crippen LogP contribution in [-0.2, 0) is 11.3 Å². The summed E-state index contributed by atoms with van der Waals surface area (Å²) in [6, 6.07) is 25.2. The molecule has 0 spiro atoms. The second kappa shape index (κ2) is 9.49. The summed E-state index contributed by atoms with van der Waals surface area (Å²) in [6.45, 7) is 0.475. The first kappa shape index (κ1) is 19.3.